The molecule has 16 heavy (non-hydrogen) atoms. The molecule has 6 nitrogen and oxygen atoms in total. The van der Waals surface area contributed by atoms with Gasteiger partial charge in [0.2, 0.25) is 11.6 Å². The molecule has 0 aliphatic carbocycles. The highest BCUT2D eigenvalue weighted by Gasteiger charge is 2.11. The largest absolute Gasteiger partial charge is 0.386 e. The van der Waals surface area contributed by atoms with Gasteiger partial charge in [0.1, 0.15) is 0 Å². The normalized spacial score (nSPS) is 8.25. The smallest absolute Gasteiger partial charge is 0.378 e. The third-order valence-corrected chi connectivity index (χ3v) is 1.72. The van der Waals surface area contributed by atoms with Crippen LogP contribution in [0, 0.1) is 0 Å². The van der Waals surface area contributed by atoms with Crippen LogP contribution in [0.2, 0.25) is 0 Å². The van der Waals surface area contributed by atoms with Gasteiger partial charge in [0.15, 0.2) is 32.5 Å². The van der Waals surface area contributed by atoms with Gasteiger partial charge in [-0.3, -0.25) is 9.59 Å². The lowest BCUT2D eigenvalue weighted by molar-refractivity contribution is -0.145. The number of carbonyl (C=O) groups excluding carboxylic acids is 4. The molecular formula is C8H10Br2O6. The Morgan fingerprint density at radius 3 is 1.62 bits per heavy atom. The third kappa shape index (κ3) is 9.78. The Balaban J connectivity index is 0. The number of hydrogen-bond acceptors (Lipinski definition) is 6. The molecular weight excluding hydrogens is 352 g/mol. The topological polar surface area (TPSA) is 86.7 Å². The number of ketones is 2. The Hall–Kier alpha value is -0.760. The van der Waals surface area contributed by atoms with Crippen LogP contribution in [0.1, 0.15) is 26.7 Å². The van der Waals surface area contributed by atoms with Crippen molar-refractivity contribution in [3.63, 3.8) is 0 Å². The van der Waals surface area contributed by atoms with Crippen molar-refractivity contribution in [2.24, 2.45) is 0 Å². The summed E-state index contributed by atoms with van der Waals surface area (Å²) in [5.74, 6) is -2.80. The fraction of sp³-hybridized carbons (Fsp3) is 0.500. The molecule has 0 spiro atoms. The van der Waals surface area contributed by atoms with E-state index in [4.69, 9.17) is 0 Å². The molecule has 0 saturated heterocycles. The summed E-state index contributed by atoms with van der Waals surface area (Å²) in [5, 5.41) is 0. The summed E-state index contributed by atoms with van der Waals surface area (Å²) >= 11 is 4.76. The van der Waals surface area contributed by atoms with E-state index in [-0.39, 0.29) is 6.42 Å². The Bertz CT molecular complexity index is 276. The molecule has 0 aliphatic heterocycles. The summed E-state index contributed by atoms with van der Waals surface area (Å²) in [6.45, 7) is 2.95. The number of halogens is 2. The average molecular weight is 362 g/mol. The summed E-state index contributed by atoms with van der Waals surface area (Å²) in [5.41, 5.74) is 0. The molecule has 92 valence electrons. The highest BCUT2D eigenvalue weighted by Crippen LogP contribution is 1.94. The van der Waals surface area contributed by atoms with Crippen LogP contribution in [0.15, 0.2) is 0 Å². The van der Waals surface area contributed by atoms with Crippen molar-refractivity contribution in [1.82, 2.24) is 0 Å². The molecule has 0 amide bonds. The summed E-state index contributed by atoms with van der Waals surface area (Å²) < 4.78 is 7.82. The predicted octanol–water partition coefficient (Wildman–Crippen LogP) is 1.64. The molecule has 0 radical (unpaired) electrons. The molecule has 0 fully saturated rings. The van der Waals surface area contributed by atoms with Crippen molar-refractivity contribution < 1.29 is 26.8 Å². The van der Waals surface area contributed by atoms with Gasteiger partial charge < -0.3 is 7.66 Å². The number of carbonyl (C=O) groups is 4. The maximum atomic E-state index is 10.5. The van der Waals surface area contributed by atoms with Gasteiger partial charge in [0.05, 0.1) is 0 Å². The molecule has 0 bridgehead atoms. The van der Waals surface area contributed by atoms with Gasteiger partial charge in [-0.25, -0.2) is 9.59 Å². The number of hydrogen-bond donors (Lipinski definition) is 0. The summed E-state index contributed by atoms with van der Waals surface area (Å²) in [6.07, 6.45) is 0.922. The SMILES string of the molecule is CC(=O)C(=O)OBr.CCCC(=O)C(=O)OBr. The third-order valence-electron chi connectivity index (χ3n) is 1.13. The van der Waals surface area contributed by atoms with E-state index < -0.39 is 23.5 Å². The molecule has 0 atom stereocenters. The first kappa shape index (κ1) is 17.6. The van der Waals surface area contributed by atoms with Crippen LogP contribution in [0.4, 0.5) is 0 Å². The van der Waals surface area contributed by atoms with Crippen LogP contribution in [0.25, 0.3) is 0 Å². The van der Waals surface area contributed by atoms with E-state index in [9.17, 15) is 19.2 Å². The van der Waals surface area contributed by atoms with Crippen molar-refractivity contribution in [1.29, 1.82) is 0 Å². The first-order valence-electron chi connectivity index (χ1n) is 4.09. The highest BCUT2D eigenvalue weighted by atomic mass is 79.9. The van der Waals surface area contributed by atoms with Gasteiger partial charge in [-0.15, -0.1) is 0 Å². The first-order chi connectivity index (χ1) is 7.40. The Morgan fingerprint density at radius 2 is 1.44 bits per heavy atom. The Labute approximate surface area is 110 Å². The van der Waals surface area contributed by atoms with Crippen molar-refractivity contribution >= 4 is 56.0 Å². The highest BCUT2D eigenvalue weighted by molar-refractivity contribution is 9.06. The molecule has 0 aromatic heterocycles. The fourth-order valence-corrected chi connectivity index (χ4v) is 0.835. The number of rotatable bonds is 4. The zero-order valence-electron chi connectivity index (χ0n) is 8.62. The predicted molar refractivity (Wildman–Crippen MR) is 60.6 cm³/mol. The Morgan fingerprint density at radius 1 is 1.00 bits per heavy atom. The van der Waals surface area contributed by atoms with Gasteiger partial charge in [-0.05, 0) is 6.42 Å². The zero-order valence-corrected chi connectivity index (χ0v) is 11.8. The first-order valence-corrected chi connectivity index (χ1v) is 5.39. The van der Waals surface area contributed by atoms with Crippen LogP contribution in [0.3, 0.4) is 0 Å². The van der Waals surface area contributed by atoms with Crippen molar-refractivity contribution in [3.8, 4) is 0 Å². The summed E-state index contributed by atoms with van der Waals surface area (Å²) in [6, 6.07) is 0. The van der Waals surface area contributed by atoms with Gasteiger partial charge >= 0.3 is 11.9 Å². The van der Waals surface area contributed by atoms with E-state index in [0.29, 0.717) is 6.42 Å². The van der Waals surface area contributed by atoms with Crippen molar-refractivity contribution in [2.75, 3.05) is 0 Å². The second-order valence-corrected chi connectivity index (χ2v) is 3.11. The lowest BCUT2D eigenvalue weighted by Crippen LogP contribution is -2.12. The van der Waals surface area contributed by atoms with Crippen LogP contribution in [-0.4, -0.2) is 23.5 Å². The van der Waals surface area contributed by atoms with E-state index in [1.807, 2.05) is 6.92 Å². The summed E-state index contributed by atoms with van der Waals surface area (Å²) in [7, 11) is 0. The summed E-state index contributed by atoms with van der Waals surface area (Å²) in [4.78, 5) is 40.5. The van der Waals surface area contributed by atoms with Crippen molar-refractivity contribution in [3.05, 3.63) is 0 Å². The molecule has 0 aliphatic rings. The molecule has 0 N–H and O–H groups in total. The second-order valence-electron chi connectivity index (χ2n) is 2.46. The van der Waals surface area contributed by atoms with Gasteiger partial charge in [0.25, 0.3) is 0 Å². The van der Waals surface area contributed by atoms with Crippen LogP contribution < -0.4 is 0 Å². The second kappa shape index (κ2) is 10.7. The minimum atomic E-state index is -0.875. The minimum Gasteiger partial charge on any atom is -0.378 e. The zero-order chi connectivity index (χ0) is 13.1. The standard InChI is InChI=1S/C5H7BrO3.C3H3BrO3/c1-2-3-4(7)5(8)9-6;1-2(5)3(6)7-4/h2-3H2,1H3;1H3. The van der Waals surface area contributed by atoms with Gasteiger partial charge in [0, 0.05) is 13.3 Å². The molecule has 8 heteroatoms. The van der Waals surface area contributed by atoms with E-state index in [1.54, 1.807) is 0 Å². The lowest BCUT2D eigenvalue weighted by Gasteiger charge is -1.90. The van der Waals surface area contributed by atoms with E-state index in [1.165, 1.54) is 0 Å². The minimum absolute atomic E-state index is 0.254. The van der Waals surface area contributed by atoms with Crippen LogP contribution >= 0.6 is 32.5 Å². The maximum Gasteiger partial charge on any atom is 0.386 e. The monoisotopic (exact) mass is 360 g/mol. The molecule has 0 aromatic rings. The Kier molecular flexibility index (Phi) is 11.8. The molecule has 0 aromatic carbocycles. The van der Waals surface area contributed by atoms with Crippen LogP contribution in [-0.2, 0) is 26.8 Å². The average Bonchev–Trinajstić information content (AvgIpc) is 2.27. The van der Waals surface area contributed by atoms with E-state index >= 15 is 0 Å². The van der Waals surface area contributed by atoms with Gasteiger partial charge in [-0.1, -0.05) is 6.92 Å². The molecule has 0 unspecified atom stereocenters. The molecule has 0 heterocycles. The maximum absolute atomic E-state index is 10.5. The number of Topliss-reactive ketones (excluding diaryl/α,β-unsaturated/α-hetero) is 2. The fourth-order valence-electron chi connectivity index (χ4n) is 0.426. The lowest BCUT2D eigenvalue weighted by atomic mass is 10.2. The van der Waals surface area contributed by atoms with E-state index in [0.717, 1.165) is 6.92 Å². The molecule has 0 rings (SSSR count). The van der Waals surface area contributed by atoms with E-state index in [2.05, 4.69) is 40.2 Å². The van der Waals surface area contributed by atoms with Crippen molar-refractivity contribution in [2.45, 2.75) is 26.7 Å². The van der Waals surface area contributed by atoms with Crippen LogP contribution in [0.5, 0.6) is 0 Å². The van der Waals surface area contributed by atoms with Gasteiger partial charge in [-0.2, -0.15) is 0 Å². The molecule has 0 saturated carbocycles. The quantitative estimate of drug-likeness (QED) is 0.707.